The molecule has 0 bridgehead atoms. The van der Waals surface area contributed by atoms with Crippen LogP contribution in [0.3, 0.4) is 0 Å². The van der Waals surface area contributed by atoms with E-state index in [2.05, 4.69) is 6.58 Å². The molecule has 5 N–H and O–H groups in total. The Hall–Kier alpha value is -0.870. The van der Waals surface area contributed by atoms with Gasteiger partial charge in [-0.05, 0) is 6.92 Å². The summed E-state index contributed by atoms with van der Waals surface area (Å²) in [4.78, 5) is 9.53. The third-order valence-corrected chi connectivity index (χ3v) is 0.319. The molecule has 0 amide bonds. The standard InChI is InChI=1S/C4H6O2.C2H6O.H3N/c1-2-3-4(5)6;1-2-3;/h2H,1,3H2,(H,5,6);3H,2H2,1H3;1H3. The average Bonchev–Trinajstić information content (AvgIpc) is 1.67. The minimum absolute atomic E-state index is 0. The van der Waals surface area contributed by atoms with Gasteiger partial charge in [0, 0.05) is 6.61 Å². The van der Waals surface area contributed by atoms with E-state index < -0.39 is 5.97 Å². The Labute approximate surface area is 60.8 Å². The van der Waals surface area contributed by atoms with Crippen LogP contribution in [-0.2, 0) is 4.79 Å². The number of aliphatic hydroxyl groups is 1. The number of carbonyl (C=O) groups is 1. The zero-order valence-corrected chi connectivity index (χ0v) is 6.21. The predicted molar refractivity (Wildman–Crippen MR) is 40.2 cm³/mol. The highest BCUT2D eigenvalue weighted by Gasteiger charge is 1.84. The Balaban J connectivity index is -0.000000107. The number of carboxylic acids is 1. The van der Waals surface area contributed by atoms with Crippen LogP contribution in [0.2, 0.25) is 0 Å². The van der Waals surface area contributed by atoms with Crippen molar-refractivity contribution in [3.8, 4) is 0 Å². The Morgan fingerprint density at radius 3 is 2.00 bits per heavy atom. The Morgan fingerprint density at radius 2 is 2.00 bits per heavy atom. The summed E-state index contributed by atoms with van der Waals surface area (Å²) in [5, 5.41) is 15.4. The van der Waals surface area contributed by atoms with Gasteiger partial charge in [0.1, 0.15) is 0 Å². The lowest BCUT2D eigenvalue weighted by atomic mass is 10.4. The molecular weight excluding hydrogens is 134 g/mol. The minimum atomic E-state index is -0.829. The largest absolute Gasteiger partial charge is 0.481 e. The molecule has 4 nitrogen and oxygen atoms in total. The van der Waals surface area contributed by atoms with Crippen molar-refractivity contribution in [2.75, 3.05) is 6.61 Å². The van der Waals surface area contributed by atoms with Gasteiger partial charge in [-0.15, -0.1) is 6.58 Å². The fourth-order valence-electron chi connectivity index (χ4n) is 0.123. The van der Waals surface area contributed by atoms with Crippen molar-refractivity contribution in [3.05, 3.63) is 12.7 Å². The third kappa shape index (κ3) is 59.1. The van der Waals surface area contributed by atoms with Crippen LogP contribution in [0.15, 0.2) is 12.7 Å². The molecule has 4 heteroatoms. The number of aliphatic carboxylic acids is 1. The zero-order chi connectivity index (χ0) is 7.70. The Morgan fingerprint density at radius 1 is 1.70 bits per heavy atom. The summed E-state index contributed by atoms with van der Waals surface area (Å²) in [6.07, 6.45) is 1.41. The number of rotatable bonds is 2. The van der Waals surface area contributed by atoms with Crippen molar-refractivity contribution < 1.29 is 15.0 Å². The zero-order valence-electron chi connectivity index (χ0n) is 6.21. The van der Waals surface area contributed by atoms with E-state index >= 15 is 0 Å². The molecule has 0 spiro atoms. The molecule has 0 aliphatic heterocycles. The van der Waals surface area contributed by atoms with Crippen LogP contribution in [0.25, 0.3) is 0 Å². The highest BCUT2D eigenvalue weighted by Crippen LogP contribution is 1.74. The molecule has 0 radical (unpaired) electrons. The molecular formula is C6H15NO3. The van der Waals surface area contributed by atoms with Crippen molar-refractivity contribution in [1.82, 2.24) is 6.15 Å². The third-order valence-electron chi connectivity index (χ3n) is 0.319. The maximum Gasteiger partial charge on any atom is 0.307 e. The molecule has 0 unspecified atom stereocenters. The van der Waals surface area contributed by atoms with Crippen LogP contribution in [-0.4, -0.2) is 22.8 Å². The van der Waals surface area contributed by atoms with Gasteiger partial charge in [0.15, 0.2) is 0 Å². The first-order valence-corrected chi connectivity index (χ1v) is 2.62. The SMILES string of the molecule is C=CCC(=O)O.CCO.N. The number of carboxylic acid groups (broad SMARTS) is 1. The summed E-state index contributed by atoms with van der Waals surface area (Å²) in [5.74, 6) is -0.829. The Kier molecular flexibility index (Phi) is 25.2. The lowest BCUT2D eigenvalue weighted by molar-refractivity contribution is -0.135. The van der Waals surface area contributed by atoms with E-state index in [1.54, 1.807) is 6.92 Å². The van der Waals surface area contributed by atoms with Gasteiger partial charge in [-0.2, -0.15) is 0 Å². The quantitative estimate of drug-likeness (QED) is 0.506. The molecule has 0 aromatic rings. The smallest absolute Gasteiger partial charge is 0.307 e. The summed E-state index contributed by atoms with van der Waals surface area (Å²) >= 11 is 0. The van der Waals surface area contributed by atoms with Crippen molar-refractivity contribution in [3.63, 3.8) is 0 Å². The maximum atomic E-state index is 9.53. The van der Waals surface area contributed by atoms with Crippen LogP contribution in [0.4, 0.5) is 0 Å². The van der Waals surface area contributed by atoms with Gasteiger partial charge in [0.2, 0.25) is 0 Å². The summed E-state index contributed by atoms with van der Waals surface area (Å²) in [5.41, 5.74) is 0. The van der Waals surface area contributed by atoms with Gasteiger partial charge in [0.05, 0.1) is 6.42 Å². The van der Waals surface area contributed by atoms with E-state index in [9.17, 15) is 4.79 Å². The maximum absolute atomic E-state index is 9.53. The van der Waals surface area contributed by atoms with Crippen molar-refractivity contribution in [2.24, 2.45) is 0 Å². The molecule has 0 heterocycles. The average molecular weight is 149 g/mol. The second-order valence-corrected chi connectivity index (χ2v) is 1.20. The fraction of sp³-hybridized carbons (Fsp3) is 0.500. The second kappa shape index (κ2) is 15.7. The van der Waals surface area contributed by atoms with Gasteiger partial charge in [-0.3, -0.25) is 4.79 Å². The minimum Gasteiger partial charge on any atom is -0.481 e. The first-order chi connectivity index (χ1) is 4.18. The highest BCUT2D eigenvalue weighted by atomic mass is 16.4. The summed E-state index contributed by atoms with van der Waals surface area (Å²) in [6.45, 7) is 5.15. The fourth-order valence-corrected chi connectivity index (χ4v) is 0.123. The molecule has 0 aromatic heterocycles. The van der Waals surface area contributed by atoms with E-state index in [1.165, 1.54) is 6.08 Å². The van der Waals surface area contributed by atoms with E-state index in [1.807, 2.05) is 0 Å². The lowest BCUT2D eigenvalue weighted by Crippen LogP contribution is -1.88. The lowest BCUT2D eigenvalue weighted by Gasteiger charge is -1.75. The van der Waals surface area contributed by atoms with Gasteiger partial charge in [-0.25, -0.2) is 0 Å². The summed E-state index contributed by atoms with van der Waals surface area (Å²) in [7, 11) is 0. The number of hydrogen-bond acceptors (Lipinski definition) is 3. The first-order valence-electron chi connectivity index (χ1n) is 2.62. The van der Waals surface area contributed by atoms with Crippen molar-refractivity contribution in [2.45, 2.75) is 13.3 Å². The molecule has 10 heavy (non-hydrogen) atoms. The van der Waals surface area contributed by atoms with E-state index in [0.29, 0.717) is 0 Å². The molecule has 0 fully saturated rings. The van der Waals surface area contributed by atoms with Crippen molar-refractivity contribution >= 4 is 5.97 Å². The molecule has 0 saturated heterocycles. The predicted octanol–water partition coefficient (Wildman–Crippen LogP) is 0.808. The van der Waals surface area contributed by atoms with E-state index in [0.717, 1.165) is 0 Å². The topological polar surface area (TPSA) is 92.5 Å². The van der Waals surface area contributed by atoms with Gasteiger partial charge >= 0.3 is 5.97 Å². The molecule has 0 aliphatic rings. The van der Waals surface area contributed by atoms with Gasteiger partial charge in [0.25, 0.3) is 0 Å². The Bertz CT molecular complexity index is 83.1. The molecule has 0 saturated carbocycles. The van der Waals surface area contributed by atoms with Crippen molar-refractivity contribution in [1.29, 1.82) is 0 Å². The molecule has 0 aliphatic carbocycles. The van der Waals surface area contributed by atoms with Crippen LogP contribution >= 0.6 is 0 Å². The summed E-state index contributed by atoms with van der Waals surface area (Å²) < 4.78 is 0. The normalized spacial score (nSPS) is 6.20. The monoisotopic (exact) mass is 149 g/mol. The number of aliphatic hydroxyl groups excluding tert-OH is 1. The molecule has 0 rings (SSSR count). The van der Waals surface area contributed by atoms with E-state index in [-0.39, 0.29) is 19.2 Å². The molecule has 0 atom stereocenters. The van der Waals surface area contributed by atoms with E-state index in [4.69, 9.17) is 10.2 Å². The van der Waals surface area contributed by atoms with Crippen LogP contribution in [0.5, 0.6) is 0 Å². The van der Waals surface area contributed by atoms with Crippen LogP contribution in [0, 0.1) is 0 Å². The van der Waals surface area contributed by atoms with Gasteiger partial charge < -0.3 is 16.4 Å². The second-order valence-electron chi connectivity index (χ2n) is 1.20. The van der Waals surface area contributed by atoms with Gasteiger partial charge in [-0.1, -0.05) is 6.08 Å². The highest BCUT2D eigenvalue weighted by molar-refractivity contribution is 5.68. The summed E-state index contributed by atoms with van der Waals surface area (Å²) in [6, 6.07) is 0. The molecule has 62 valence electrons. The first kappa shape index (κ1) is 16.1. The van der Waals surface area contributed by atoms with Crippen LogP contribution < -0.4 is 6.15 Å². The molecule has 0 aromatic carbocycles. The van der Waals surface area contributed by atoms with Crippen LogP contribution in [0.1, 0.15) is 13.3 Å². The number of hydrogen-bond donors (Lipinski definition) is 3.